The Morgan fingerprint density at radius 2 is 2.04 bits per heavy atom. The number of carbonyl (C=O) groups excluding carboxylic acids is 2. The van der Waals surface area contributed by atoms with E-state index in [1.165, 1.54) is 0 Å². The SMILES string of the molecule is O=C(NCc1ccccn1)[C@H]1CC(=O)N(c2ccc(Cl)cc2)C1. The summed E-state index contributed by atoms with van der Waals surface area (Å²) in [6, 6.07) is 12.6. The van der Waals surface area contributed by atoms with Gasteiger partial charge in [-0.05, 0) is 36.4 Å². The van der Waals surface area contributed by atoms with Crippen molar-refractivity contribution in [3.8, 4) is 0 Å². The number of hydrogen-bond donors (Lipinski definition) is 1. The first-order valence-electron chi connectivity index (χ1n) is 7.37. The molecule has 1 fully saturated rings. The molecule has 1 aromatic carbocycles. The average molecular weight is 330 g/mol. The Hall–Kier alpha value is -2.40. The Kier molecular flexibility index (Phi) is 4.57. The second-order valence-corrected chi connectivity index (χ2v) is 5.86. The van der Waals surface area contributed by atoms with Crippen molar-refractivity contribution in [1.82, 2.24) is 10.3 Å². The van der Waals surface area contributed by atoms with Crippen molar-refractivity contribution in [3.05, 3.63) is 59.4 Å². The molecule has 0 spiro atoms. The van der Waals surface area contributed by atoms with Crippen LogP contribution in [0.4, 0.5) is 5.69 Å². The van der Waals surface area contributed by atoms with Crippen molar-refractivity contribution in [3.63, 3.8) is 0 Å². The zero-order valence-electron chi connectivity index (χ0n) is 12.4. The number of nitrogens with zero attached hydrogens (tertiary/aromatic N) is 2. The smallest absolute Gasteiger partial charge is 0.227 e. The number of hydrogen-bond acceptors (Lipinski definition) is 3. The molecule has 0 bridgehead atoms. The van der Waals surface area contributed by atoms with Crippen LogP contribution >= 0.6 is 11.6 Å². The van der Waals surface area contributed by atoms with Gasteiger partial charge in [0.15, 0.2) is 0 Å². The van der Waals surface area contributed by atoms with E-state index in [4.69, 9.17) is 11.6 Å². The minimum atomic E-state index is -0.345. The summed E-state index contributed by atoms with van der Waals surface area (Å²) < 4.78 is 0. The fourth-order valence-electron chi connectivity index (χ4n) is 2.58. The third-order valence-corrected chi connectivity index (χ3v) is 4.06. The molecule has 1 aliphatic heterocycles. The highest BCUT2D eigenvalue weighted by atomic mass is 35.5. The van der Waals surface area contributed by atoms with Gasteiger partial charge in [-0.1, -0.05) is 17.7 Å². The standard InChI is InChI=1S/C17H16ClN3O2/c18-13-4-6-15(7-5-13)21-11-12(9-16(21)22)17(23)20-10-14-3-1-2-8-19-14/h1-8,12H,9-11H2,(H,20,23)/t12-/m0/s1. The fraction of sp³-hybridized carbons (Fsp3) is 0.235. The molecular weight excluding hydrogens is 314 g/mol. The molecule has 1 N–H and O–H groups in total. The van der Waals surface area contributed by atoms with E-state index in [9.17, 15) is 9.59 Å². The maximum atomic E-state index is 12.3. The van der Waals surface area contributed by atoms with E-state index in [1.807, 2.05) is 18.2 Å². The van der Waals surface area contributed by atoms with Crippen LogP contribution in [0.15, 0.2) is 48.7 Å². The summed E-state index contributed by atoms with van der Waals surface area (Å²) in [7, 11) is 0. The molecule has 2 aromatic rings. The molecule has 0 aliphatic carbocycles. The van der Waals surface area contributed by atoms with Crippen LogP contribution in [0.2, 0.25) is 5.02 Å². The number of halogens is 1. The molecule has 1 saturated heterocycles. The van der Waals surface area contributed by atoms with Gasteiger partial charge in [0.1, 0.15) is 0 Å². The van der Waals surface area contributed by atoms with Crippen molar-refractivity contribution in [2.24, 2.45) is 5.92 Å². The molecule has 2 amide bonds. The lowest BCUT2D eigenvalue weighted by molar-refractivity contribution is -0.126. The molecule has 0 unspecified atom stereocenters. The molecule has 1 atom stereocenters. The van der Waals surface area contributed by atoms with Crippen LogP contribution < -0.4 is 10.2 Å². The molecule has 5 nitrogen and oxygen atoms in total. The number of anilines is 1. The van der Waals surface area contributed by atoms with E-state index in [-0.39, 0.29) is 24.2 Å². The highest BCUT2D eigenvalue weighted by Gasteiger charge is 2.34. The molecular formula is C17H16ClN3O2. The van der Waals surface area contributed by atoms with Gasteiger partial charge in [-0.2, -0.15) is 0 Å². The second-order valence-electron chi connectivity index (χ2n) is 5.42. The van der Waals surface area contributed by atoms with Crippen LogP contribution in [0.5, 0.6) is 0 Å². The summed E-state index contributed by atoms with van der Waals surface area (Å²) in [4.78, 5) is 30.2. The molecule has 23 heavy (non-hydrogen) atoms. The molecule has 1 aliphatic rings. The van der Waals surface area contributed by atoms with Crippen molar-refractivity contribution < 1.29 is 9.59 Å². The lowest BCUT2D eigenvalue weighted by atomic mass is 10.1. The van der Waals surface area contributed by atoms with Crippen LogP contribution in [0.25, 0.3) is 0 Å². The topological polar surface area (TPSA) is 62.3 Å². The van der Waals surface area contributed by atoms with Crippen LogP contribution in [0.1, 0.15) is 12.1 Å². The van der Waals surface area contributed by atoms with Gasteiger partial charge in [-0.3, -0.25) is 14.6 Å². The third kappa shape index (κ3) is 3.68. The molecule has 2 heterocycles. The van der Waals surface area contributed by atoms with E-state index in [0.717, 1.165) is 11.4 Å². The predicted octanol–water partition coefficient (Wildman–Crippen LogP) is 2.40. The Morgan fingerprint density at radius 1 is 1.26 bits per heavy atom. The van der Waals surface area contributed by atoms with Gasteiger partial charge in [0.05, 0.1) is 18.2 Å². The molecule has 0 saturated carbocycles. The maximum absolute atomic E-state index is 12.3. The van der Waals surface area contributed by atoms with E-state index in [1.54, 1.807) is 35.4 Å². The number of aromatic nitrogens is 1. The summed E-state index contributed by atoms with van der Waals surface area (Å²) in [5.74, 6) is -0.521. The highest BCUT2D eigenvalue weighted by Crippen LogP contribution is 2.26. The van der Waals surface area contributed by atoms with Gasteiger partial charge in [0, 0.05) is 29.9 Å². The Labute approximate surface area is 139 Å². The first-order chi connectivity index (χ1) is 11.1. The largest absolute Gasteiger partial charge is 0.350 e. The second kappa shape index (κ2) is 6.79. The third-order valence-electron chi connectivity index (χ3n) is 3.80. The number of amides is 2. The molecule has 3 rings (SSSR count). The summed E-state index contributed by atoms with van der Waals surface area (Å²) in [5.41, 5.74) is 1.55. The Morgan fingerprint density at radius 3 is 2.74 bits per heavy atom. The van der Waals surface area contributed by atoms with E-state index in [2.05, 4.69) is 10.3 Å². The van der Waals surface area contributed by atoms with Crippen molar-refractivity contribution >= 4 is 29.1 Å². The summed E-state index contributed by atoms with van der Waals surface area (Å²) >= 11 is 5.86. The fourth-order valence-corrected chi connectivity index (χ4v) is 2.70. The number of pyridine rings is 1. The Balaban J connectivity index is 1.60. The number of rotatable bonds is 4. The minimum Gasteiger partial charge on any atom is -0.350 e. The summed E-state index contributed by atoms with van der Waals surface area (Å²) in [5, 5.41) is 3.46. The Bertz CT molecular complexity index is 704. The van der Waals surface area contributed by atoms with E-state index in [0.29, 0.717) is 18.1 Å². The first kappa shape index (κ1) is 15.5. The maximum Gasteiger partial charge on any atom is 0.227 e. The molecule has 118 valence electrons. The van der Waals surface area contributed by atoms with Crippen LogP contribution in [-0.4, -0.2) is 23.3 Å². The zero-order chi connectivity index (χ0) is 16.2. The molecule has 1 aromatic heterocycles. The van der Waals surface area contributed by atoms with Gasteiger partial charge in [-0.25, -0.2) is 0 Å². The van der Waals surface area contributed by atoms with Gasteiger partial charge in [-0.15, -0.1) is 0 Å². The summed E-state index contributed by atoms with van der Waals surface area (Å²) in [6.45, 7) is 0.750. The normalized spacial score (nSPS) is 17.3. The van der Waals surface area contributed by atoms with Crippen molar-refractivity contribution in [2.45, 2.75) is 13.0 Å². The van der Waals surface area contributed by atoms with Crippen molar-refractivity contribution in [1.29, 1.82) is 0 Å². The van der Waals surface area contributed by atoms with E-state index < -0.39 is 0 Å². The average Bonchev–Trinajstić information content (AvgIpc) is 2.96. The number of carbonyl (C=O) groups is 2. The lowest BCUT2D eigenvalue weighted by Crippen LogP contribution is -2.32. The monoisotopic (exact) mass is 329 g/mol. The lowest BCUT2D eigenvalue weighted by Gasteiger charge is -2.16. The molecule has 6 heteroatoms. The van der Waals surface area contributed by atoms with Gasteiger partial charge in [0.25, 0.3) is 0 Å². The van der Waals surface area contributed by atoms with Crippen LogP contribution in [-0.2, 0) is 16.1 Å². The van der Waals surface area contributed by atoms with Gasteiger partial charge in [0.2, 0.25) is 11.8 Å². The van der Waals surface area contributed by atoms with Gasteiger partial charge < -0.3 is 10.2 Å². The van der Waals surface area contributed by atoms with Crippen LogP contribution in [0, 0.1) is 5.92 Å². The highest BCUT2D eigenvalue weighted by molar-refractivity contribution is 6.30. The predicted molar refractivity (Wildman–Crippen MR) is 88.0 cm³/mol. The number of nitrogens with one attached hydrogen (secondary N) is 1. The first-order valence-corrected chi connectivity index (χ1v) is 7.75. The summed E-state index contributed by atoms with van der Waals surface area (Å²) in [6.07, 6.45) is 1.90. The quantitative estimate of drug-likeness (QED) is 0.937. The van der Waals surface area contributed by atoms with Crippen molar-refractivity contribution in [2.75, 3.05) is 11.4 Å². The van der Waals surface area contributed by atoms with Crippen LogP contribution in [0.3, 0.4) is 0 Å². The minimum absolute atomic E-state index is 0.0506. The van der Waals surface area contributed by atoms with E-state index >= 15 is 0 Å². The zero-order valence-corrected chi connectivity index (χ0v) is 13.2. The number of benzene rings is 1. The van der Waals surface area contributed by atoms with Gasteiger partial charge >= 0.3 is 0 Å². The molecule has 0 radical (unpaired) electrons.